The van der Waals surface area contributed by atoms with Gasteiger partial charge in [0.2, 0.25) is 5.91 Å². The maximum absolute atomic E-state index is 12.5. The topological polar surface area (TPSA) is 81.6 Å². The number of aromatic nitrogens is 1. The second-order valence-corrected chi connectivity index (χ2v) is 5.90. The molecule has 1 fully saturated rings. The third kappa shape index (κ3) is 3.89. The van der Waals surface area contributed by atoms with Crippen LogP contribution in [0.3, 0.4) is 0 Å². The summed E-state index contributed by atoms with van der Waals surface area (Å²) in [6.45, 7) is 2.84. The van der Waals surface area contributed by atoms with Crippen molar-refractivity contribution >= 4 is 16.9 Å². The summed E-state index contributed by atoms with van der Waals surface area (Å²) in [5, 5.41) is 4.95. The Morgan fingerprint density at radius 1 is 1.35 bits per heavy atom. The Labute approximate surface area is 135 Å². The predicted molar refractivity (Wildman–Crippen MR) is 86.9 cm³/mol. The largest absolute Gasteiger partial charge is 0.378 e. The van der Waals surface area contributed by atoms with Gasteiger partial charge in [0.05, 0.1) is 12.5 Å². The van der Waals surface area contributed by atoms with E-state index in [4.69, 9.17) is 15.0 Å². The molecule has 2 N–H and O–H groups in total. The molecule has 1 aromatic heterocycles. The number of likely N-dealkylation sites (tertiary alicyclic amines) is 1. The molecule has 124 valence electrons. The van der Waals surface area contributed by atoms with E-state index in [1.165, 1.54) is 0 Å². The van der Waals surface area contributed by atoms with Crippen LogP contribution in [0.1, 0.15) is 25.0 Å². The van der Waals surface area contributed by atoms with E-state index in [2.05, 4.69) is 5.16 Å². The fraction of sp³-hybridized carbons (Fsp3) is 0.529. The van der Waals surface area contributed by atoms with Crippen molar-refractivity contribution in [2.75, 3.05) is 26.2 Å². The second-order valence-electron chi connectivity index (χ2n) is 5.90. The number of carbonyl (C=O) groups is 1. The number of ether oxygens (including phenoxy) is 1. The standard InChI is InChI=1S/C17H23N3O3/c18-8-3-11-22-13-6-9-20(10-7-13)17(21)12-15-14-4-1-2-5-16(14)23-19-15/h1-2,4-5,13H,3,6-12,18H2. The minimum Gasteiger partial charge on any atom is -0.378 e. The first-order chi connectivity index (χ1) is 11.3. The lowest BCUT2D eigenvalue weighted by atomic mass is 10.1. The number of amides is 1. The highest BCUT2D eigenvalue weighted by molar-refractivity contribution is 5.86. The van der Waals surface area contributed by atoms with Crippen molar-refractivity contribution in [1.82, 2.24) is 10.1 Å². The van der Waals surface area contributed by atoms with Crippen LogP contribution < -0.4 is 5.73 Å². The summed E-state index contributed by atoms with van der Waals surface area (Å²) < 4.78 is 11.0. The molecular formula is C17H23N3O3. The number of fused-ring (bicyclic) bond motifs is 1. The van der Waals surface area contributed by atoms with Gasteiger partial charge >= 0.3 is 0 Å². The van der Waals surface area contributed by atoms with Crippen molar-refractivity contribution in [3.63, 3.8) is 0 Å². The van der Waals surface area contributed by atoms with Gasteiger partial charge in [0, 0.05) is 25.1 Å². The van der Waals surface area contributed by atoms with Gasteiger partial charge in [0.15, 0.2) is 5.58 Å². The van der Waals surface area contributed by atoms with Crippen LogP contribution in [0.25, 0.3) is 11.0 Å². The highest BCUT2D eigenvalue weighted by Gasteiger charge is 2.24. The monoisotopic (exact) mass is 317 g/mol. The molecule has 2 heterocycles. The van der Waals surface area contributed by atoms with E-state index >= 15 is 0 Å². The van der Waals surface area contributed by atoms with Crippen LogP contribution >= 0.6 is 0 Å². The van der Waals surface area contributed by atoms with E-state index in [0.29, 0.717) is 18.8 Å². The zero-order valence-electron chi connectivity index (χ0n) is 13.2. The maximum atomic E-state index is 12.5. The molecule has 0 unspecified atom stereocenters. The Morgan fingerprint density at radius 2 is 2.13 bits per heavy atom. The molecule has 0 spiro atoms. The Morgan fingerprint density at radius 3 is 2.91 bits per heavy atom. The predicted octanol–water partition coefficient (Wildman–Crippen LogP) is 1.73. The Bertz CT molecular complexity index is 647. The van der Waals surface area contributed by atoms with E-state index in [0.717, 1.165) is 43.3 Å². The molecule has 0 atom stereocenters. The minimum absolute atomic E-state index is 0.101. The zero-order valence-corrected chi connectivity index (χ0v) is 13.2. The highest BCUT2D eigenvalue weighted by atomic mass is 16.5. The fourth-order valence-corrected chi connectivity index (χ4v) is 2.93. The van der Waals surface area contributed by atoms with Gasteiger partial charge in [-0.05, 0) is 37.9 Å². The third-order valence-corrected chi connectivity index (χ3v) is 4.27. The first kappa shape index (κ1) is 16.0. The van der Waals surface area contributed by atoms with Crippen molar-refractivity contribution in [3.8, 4) is 0 Å². The van der Waals surface area contributed by atoms with E-state index in [1.807, 2.05) is 29.2 Å². The summed E-state index contributed by atoms with van der Waals surface area (Å²) in [6, 6.07) is 7.62. The van der Waals surface area contributed by atoms with Crippen LogP contribution in [0.15, 0.2) is 28.8 Å². The summed E-state index contributed by atoms with van der Waals surface area (Å²) in [5.74, 6) is 0.101. The highest BCUT2D eigenvalue weighted by Crippen LogP contribution is 2.20. The first-order valence-electron chi connectivity index (χ1n) is 8.20. The van der Waals surface area contributed by atoms with E-state index in [-0.39, 0.29) is 18.4 Å². The summed E-state index contributed by atoms with van der Waals surface area (Å²) in [6.07, 6.45) is 3.19. The third-order valence-electron chi connectivity index (χ3n) is 4.27. The molecule has 1 saturated heterocycles. The Hall–Kier alpha value is -1.92. The first-order valence-corrected chi connectivity index (χ1v) is 8.20. The van der Waals surface area contributed by atoms with Crippen molar-refractivity contribution < 1.29 is 14.1 Å². The van der Waals surface area contributed by atoms with Crippen molar-refractivity contribution in [3.05, 3.63) is 30.0 Å². The molecule has 0 bridgehead atoms. The molecule has 3 rings (SSSR count). The lowest BCUT2D eigenvalue weighted by Crippen LogP contribution is -2.41. The number of rotatable bonds is 6. The number of hydrogen-bond acceptors (Lipinski definition) is 5. The number of carbonyl (C=O) groups excluding carboxylic acids is 1. The van der Waals surface area contributed by atoms with Crippen LogP contribution in [0, 0.1) is 0 Å². The summed E-state index contributed by atoms with van der Waals surface area (Å²) in [4.78, 5) is 14.4. The molecular weight excluding hydrogens is 294 g/mol. The number of benzene rings is 1. The molecule has 6 nitrogen and oxygen atoms in total. The molecule has 0 aliphatic carbocycles. The van der Waals surface area contributed by atoms with Crippen molar-refractivity contribution in [1.29, 1.82) is 0 Å². The summed E-state index contributed by atoms with van der Waals surface area (Å²) >= 11 is 0. The number of hydrogen-bond donors (Lipinski definition) is 1. The van der Waals surface area contributed by atoms with Crippen molar-refractivity contribution in [2.24, 2.45) is 5.73 Å². The number of para-hydroxylation sites is 1. The average molecular weight is 317 g/mol. The fourth-order valence-electron chi connectivity index (χ4n) is 2.93. The SMILES string of the molecule is NCCCOC1CCN(C(=O)Cc2noc3ccccc23)CC1. The van der Waals surface area contributed by atoms with Gasteiger partial charge in [-0.1, -0.05) is 17.3 Å². The normalized spacial score (nSPS) is 16.1. The van der Waals surface area contributed by atoms with Crippen LogP contribution in [0.4, 0.5) is 0 Å². The van der Waals surface area contributed by atoms with Gasteiger partial charge in [0.1, 0.15) is 5.69 Å². The smallest absolute Gasteiger partial charge is 0.228 e. The minimum atomic E-state index is 0.101. The molecule has 1 aliphatic heterocycles. The van der Waals surface area contributed by atoms with Gasteiger partial charge in [-0.2, -0.15) is 0 Å². The maximum Gasteiger partial charge on any atom is 0.228 e. The number of nitrogens with zero attached hydrogens (tertiary/aromatic N) is 2. The number of piperidine rings is 1. The molecule has 1 aliphatic rings. The molecule has 23 heavy (non-hydrogen) atoms. The van der Waals surface area contributed by atoms with Gasteiger partial charge < -0.3 is 19.9 Å². The second kappa shape index (κ2) is 7.57. The van der Waals surface area contributed by atoms with Crippen LogP contribution in [0.2, 0.25) is 0 Å². The van der Waals surface area contributed by atoms with Gasteiger partial charge in [-0.15, -0.1) is 0 Å². The molecule has 0 radical (unpaired) electrons. The molecule has 2 aromatic rings. The van der Waals surface area contributed by atoms with E-state index < -0.39 is 0 Å². The van der Waals surface area contributed by atoms with Gasteiger partial charge in [-0.25, -0.2) is 0 Å². The zero-order chi connectivity index (χ0) is 16.1. The Balaban J connectivity index is 1.52. The quantitative estimate of drug-likeness (QED) is 0.821. The van der Waals surface area contributed by atoms with Gasteiger partial charge in [0.25, 0.3) is 0 Å². The van der Waals surface area contributed by atoms with Crippen LogP contribution in [-0.4, -0.2) is 48.3 Å². The number of nitrogens with two attached hydrogens (primary N) is 1. The molecule has 6 heteroatoms. The summed E-state index contributed by atoms with van der Waals surface area (Å²) in [5.41, 5.74) is 6.90. The van der Waals surface area contributed by atoms with E-state index in [9.17, 15) is 4.79 Å². The van der Waals surface area contributed by atoms with Crippen LogP contribution in [0.5, 0.6) is 0 Å². The summed E-state index contributed by atoms with van der Waals surface area (Å²) in [7, 11) is 0. The Kier molecular flexibility index (Phi) is 5.25. The molecule has 0 saturated carbocycles. The van der Waals surface area contributed by atoms with Crippen LogP contribution in [-0.2, 0) is 16.0 Å². The lowest BCUT2D eigenvalue weighted by Gasteiger charge is -2.31. The molecule has 1 amide bonds. The van der Waals surface area contributed by atoms with E-state index in [1.54, 1.807) is 0 Å². The lowest BCUT2D eigenvalue weighted by molar-refractivity contribution is -0.133. The van der Waals surface area contributed by atoms with Crippen molar-refractivity contribution in [2.45, 2.75) is 31.8 Å². The molecule has 1 aromatic carbocycles. The average Bonchev–Trinajstić information content (AvgIpc) is 2.99. The van der Waals surface area contributed by atoms with Gasteiger partial charge in [-0.3, -0.25) is 4.79 Å².